The van der Waals surface area contributed by atoms with Gasteiger partial charge < -0.3 is 25.7 Å². The second-order valence-corrected chi connectivity index (χ2v) is 6.49. The number of ether oxygens (including phenoxy) is 1. The van der Waals surface area contributed by atoms with E-state index in [1.807, 2.05) is 0 Å². The fourth-order valence-corrected chi connectivity index (χ4v) is 2.77. The molecule has 172 valence electrons. The average molecular weight is 461 g/mol. The monoisotopic (exact) mass is 461 g/mol. The van der Waals surface area contributed by atoms with E-state index in [2.05, 4.69) is 30.7 Å². The highest BCUT2D eigenvalue weighted by Gasteiger charge is 2.20. The van der Waals surface area contributed by atoms with E-state index in [-0.39, 0.29) is 22.6 Å². The number of amides is 3. The van der Waals surface area contributed by atoms with Gasteiger partial charge in [-0.05, 0) is 43.3 Å². The van der Waals surface area contributed by atoms with Crippen LogP contribution in [0.1, 0.15) is 38.3 Å². The Kier molecular flexibility index (Phi) is 7.28. The minimum atomic E-state index is -3.11. The third-order valence-corrected chi connectivity index (χ3v) is 4.23. The van der Waals surface area contributed by atoms with Gasteiger partial charge in [0, 0.05) is 24.0 Å². The second-order valence-electron chi connectivity index (χ2n) is 6.49. The molecule has 1 aromatic heterocycles. The van der Waals surface area contributed by atoms with Crippen LogP contribution >= 0.6 is 0 Å². The van der Waals surface area contributed by atoms with Crippen molar-refractivity contribution in [2.45, 2.75) is 13.5 Å². The standard InChI is InChI=1S/C21H18F3N5O4/c1-2-25-19(31)16-17(27-10-26-16)20(32)29-12-5-3-11(4-6-12)28-18(30)14-8-7-13(9-15(14)22)33-21(23)24/h3-10,21H,2H2,1H3,(H,25,31)(H,26,27)(H,28,30)(H,29,32). The van der Waals surface area contributed by atoms with E-state index in [9.17, 15) is 27.6 Å². The number of nitrogens with one attached hydrogen (secondary N) is 4. The van der Waals surface area contributed by atoms with Crippen LogP contribution in [0.3, 0.4) is 0 Å². The number of anilines is 2. The number of carbonyl (C=O) groups excluding carboxylic acids is 3. The molecule has 0 bridgehead atoms. The van der Waals surface area contributed by atoms with E-state index in [1.54, 1.807) is 6.92 Å². The van der Waals surface area contributed by atoms with Crippen molar-refractivity contribution in [3.63, 3.8) is 0 Å². The van der Waals surface area contributed by atoms with E-state index in [0.29, 0.717) is 18.3 Å². The fraction of sp³-hybridized carbons (Fsp3) is 0.143. The molecule has 0 aliphatic heterocycles. The zero-order valence-corrected chi connectivity index (χ0v) is 17.1. The molecule has 4 N–H and O–H groups in total. The van der Waals surface area contributed by atoms with Crippen LogP contribution in [0.5, 0.6) is 5.75 Å². The number of H-pyrrole nitrogens is 1. The van der Waals surface area contributed by atoms with Crippen molar-refractivity contribution in [2.75, 3.05) is 17.2 Å². The molecule has 0 radical (unpaired) electrons. The number of imidazole rings is 1. The largest absolute Gasteiger partial charge is 0.435 e. The van der Waals surface area contributed by atoms with E-state index in [4.69, 9.17) is 0 Å². The van der Waals surface area contributed by atoms with Gasteiger partial charge in [-0.15, -0.1) is 0 Å². The van der Waals surface area contributed by atoms with Crippen LogP contribution in [-0.2, 0) is 0 Å². The summed E-state index contributed by atoms with van der Waals surface area (Å²) in [4.78, 5) is 43.2. The number of hydrogen-bond acceptors (Lipinski definition) is 5. The first-order chi connectivity index (χ1) is 15.8. The molecular formula is C21H18F3N5O4. The predicted molar refractivity (Wildman–Crippen MR) is 112 cm³/mol. The van der Waals surface area contributed by atoms with Gasteiger partial charge >= 0.3 is 6.61 Å². The maximum absolute atomic E-state index is 14.1. The summed E-state index contributed by atoms with van der Waals surface area (Å²) in [6, 6.07) is 8.62. The predicted octanol–water partition coefficient (Wildman–Crippen LogP) is 3.40. The Bertz CT molecular complexity index is 1160. The third kappa shape index (κ3) is 5.87. The summed E-state index contributed by atoms with van der Waals surface area (Å²) in [7, 11) is 0. The lowest BCUT2D eigenvalue weighted by molar-refractivity contribution is -0.0500. The second kappa shape index (κ2) is 10.3. The van der Waals surface area contributed by atoms with Crippen molar-refractivity contribution >= 4 is 29.1 Å². The van der Waals surface area contributed by atoms with Crippen molar-refractivity contribution in [1.82, 2.24) is 15.3 Å². The fourth-order valence-electron chi connectivity index (χ4n) is 2.77. The number of aromatic nitrogens is 2. The molecule has 9 nitrogen and oxygen atoms in total. The van der Waals surface area contributed by atoms with Crippen molar-refractivity contribution in [3.05, 3.63) is 71.6 Å². The Morgan fingerprint density at radius 1 is 1.00 bits per heavy atom. The van der Waals surface area contributed by atoms with Gasteiger partial charge in [-0.25, -0.2) is 9.37 Å². The van der Waals surface area contributed by atoms with Crippen molar-refractivity contribution in [2.24, 2.45) is 0 Å². The molecule has 2 aromatic carbocycles. The number of benzene rings is 2. The number of halogens is 3. The van der Waals surface area contributed by atoms with E-state index >= 15 is 0 Å². The number of nitrogens with zero attached hydrogens (tertiary/aromatic N) is 1. The number of aromatic amines is 1. The van der Waals surface area contributed by atoms with Gasteiger partial charge in [-0.1, -0.05) is 0 Å². The molecule has 1 heterocycles. The molecule has 33 heavy (non-hydrogen) atoms. The van der Waals surface area contributed by atoms with Crippen LogP contribution in [-0.4, -0.2) is 40.8 Å². The molecule has 0 unspecified atom stereocenters. The highest BCUT2D eigenvalue weighted by atomic mass is 19.3. The molecular weight excluding hydrogens is 443 g/mol. The molecule has 12 heteroatoms. The summed E-state index contributed by atoms with van der Waals surface area (Å²) in [5.41, 5.74) is 0.202. The molecule has 0 aliphatic carbocycles. The van der Waals surface area contributed by atoms with E-state index in [1.165, 1.54) is 30.6 Å². The van der Waals surface area contributed by atoms with Crippen LogP contribution in [0.4, 0.5) is 24.5 Å². The van der Waals surface area contributed by atoms with E-state index in [0.717, 1.165) is 12.1 Å². The Balaban J connectivity index is 1.64. The molecule has 0 fully saturated rings. The SMILES string of the molecule is CCNC(=O)c1nc[nH]c1C(=O)Nc1ccc(NC(=O)c2ccc(OC(F)F)cc2F)cc1. The van der Waals surface area contributed by atoms with Crippen molar-refractivity contribution < 1.29 is 32.3 Å². The summed E-state index contributed by atoms with van der Waals surface area (Å²) in [5.74, 6) is -3.35. The summed E-state index contributed by atoms with van der Waals surface area (Å²) in [6.45, 7) is -1.01. The molecule has 0 aliphatic rings. The highest BCUT2D eigenvalue weighted by Crippen LogP contribution is 2.21. The van der Waals surface area contributed by atoms with Crippen LogP contribution in [0.15, 0.2) is 48.8 Å². The van der Waals surface area contributed by atoms with Gasteiger partial charge in [0.1, 0.15) is 17.3 Å². The quantitative estimate of drug-likeness (QED) is 0.409. The zero-order valence-electron chi connectivity index (χ0n) is 17.1. The van der Waals surface area contributed by atoms with Gasteiger partial charge in [0.2, 0.25) is 0 Å². The van der Waals surface area contributed by atoms with E-state index < -0.39 is 35.9 Å². The van der Waals surface area contributed by atoms with Gasteiger partial charge in [0.05, 0.1) is 11.9 Å². The number of carbonyl (C=O) groups is 3. The van der Waals surface area contributed by atoms with Crippen LogP contribution in [0, 0.1) is 5.82 Å². The first-order valence-corrected chi connectivity index (χ1v) is 9.57. The van der Waals surface area contributed by atoms with Crippen molar-refractivity contribution in [3.8, 4) is 5.75 Å². The zero-order chi connectivity index (χ0) is 24.0. The van der Waals surface area contributed by atoms with Gasteiger partial charge in [-0.3, -0.25) is 14.4 Å². The first kappa shape index (κ1) is 23.3. The lowest BCUT2D eigenvalue weighted by Gasteiger charge is -2.10. The minimum absolute atomic E-state index is 0.0203. The lowest BCUT2D eigenvalue weighted by atomic mass is 10.2. The molecule has 0 atom stereocenters. The van der Waals surface area contributed by atoms with Gasteiger partial charge in [0.15, 0.2) is 5.69 Å². The molecule has 3 rings (SSSR count). The van der Waals surface area contributed by atoms with Crippen LogP contribution in [0.2, 0.25) is 0 Å². The maximum atomic E-state index is 14.1. The normalized spacial score (nSPS) is 10.6. The number of alkyl halides is 2. The number of hydrogen-bond donors (Lipinski definition) is 4. The summed E-state index contributed by atoms with van der Waals surface area (Å²) < 4.78 is 42.6. The molecule has 3 amide bonds. The Morgan fingerprint density at radius 2 is 1.64 bits per heavy atom. The van der Waals surface area contributed by atoms with Crippen LogP contribution in [0.25, 0.3) is 0 Å². The van der Waals surface area contributed by atoms with Gasteiger partial charge in [-0.2, -0.15) is 8.78 Å². The smallest absolute Gasteiger partial charge is 0.387 e. The third-order valence-electron chi connectivity index (χ3n) is 4.23. The topological polar surface area (TPSA) is 125 Å². The Hall–Kier alpha value is -4.35. The molecule has 0 spiro atoms. The summed E-state index contributed by atoms with van der Waals surface area (Å²) >= 11 is 0. The first-order valence-electron chi connectivity index (χ1n) is 9.57. The minimum Gasteiger partial charge on any atom is -0.435 e. The van der Waals surface area contributed by atoms with Gasteiger partial charge in [0.25, 0.3) is 17.7 Å². The van der Waals surface area contributed by atoms with Crippen LogP contribution < -0.4 is 20.7 Å². The number of rotatable bonds is 8. The average Bonchev–Trinajstić information content (AvgIpc) is 3.25. The Labute approximate surface area is 185 Å². The maximum Gasteiger partial charge on any atom is 0.387 e. The summed E-state index contributed by atoms with van der Waals surface area (Å²) in [5, 5.41) is 7.60. The summed E-state index contributed by atoms with van der Waals surface area (Å²) in [6.07, 6.45) is 1.23. The Morgan fingerprint density at radius 3 is 2.21 bits per heavy atom. The molecule has 0 saturated heterocycles. The molecule has 0 saturated carbocycles. The highest BCUT2D eigenvalue weighted by molar-refractivity contribution is 6.10. The van der Waals surface area contributed by atoms with Crippen molar-refractivity contribution in [1.29, 1.82) is 0 Å². The molecule has 3 aromatic rings. The lowest BCUT2D eigenvalue weighted by Crippen LogP contribution is -2.26.